The van der Waals surface area contributed by atoms with Crippen molar-refractivity contribution in [2.45, 2.75) is 19.4 Å². The lowest BCUT2D eigenvalue weighted by Gasteiger charge is -2.14. The molecule has 0 heterocycles. The van der Waals surface area contributed by atoms with E-state index in [1.165, 1.54) is 13.6 Å². The first-order valence-electron chi connectivity index (χ1n) is 9.17. The maximum absolute atomic E-state index is 11.2. The van der Waals surface area contributed by atoms with Crippen LogP contribution in [0.4, 0.5) is 0 Å². The molecule has 0 rings (SSSR count). The number of rotatable bonds is 20. The molecule has 0 aromatic carbocycles. The zero-order valence-electron chi connectivity index (χ0n) is 16.7. The van der Waals surface area contributed by atoms with Crippen molar-refractivity contribution in [3.63, 3.8) is 0 Å². The van der Waals surface area contributed by atoms with Gasteiger partial charge in [0, 0.05) is 26.0 Å². The number of hydrogen-bond acceptors (Lipinski definition) is 8. The summed E-state index contributed by atoms with van der Waals surface area (Å²) in [6.07, 6.45) is -0.338. The summed E-state index contributed by atoms with van der Waals surface area (Å²) < 4.78 is 48.0. The predicted molar refractivity (Wildman–Crippen MR) is 104 cm³/mol. The number of hydrogen-bond donors (Lipinski definition) is 4. The van der Waals surface area contributed by atoms with Crippen LogP contribution in [-0.4, -0.2) is 99.8 Å². The minimum atomic E-state index is -3.59. The molecule has 0 amide bonds. The fourth-order valence-corrected chi connectivity index (χ4v) is 2.84. The molecule has 13 heteroatoms. The van der Waals surface area contributed by atoms with E-state index in [4.69, 9.17) is 28.4 Å². The maximum Gasteiger partial charge on any atom is 0.327 e. The monoisotopic (exact) mass is 451 g/mol. The molecule has 0 radical (unpaired) electrons. The van der Waals surface area contributed by atoms with Crippen molar-refractivity contribution >= 4 is 15.1 Å². The maximum atomic E-state index is 11.2. The first-order valence-corrected chi connectivity index (χ1v) is 13.0. The van der Waals surface area contributed by atoms with Crippen molar-refractivity contribution in [2.75, 3.05) is 78.8 Å². The Hall–Kier alpha value is 0.1000. The smallest absolute Gasteiger partial charge is 0.327 e. The SMILES string of the molecule is CCP(=O)(O)OCC(O)COCCOCCOCCOCCCNP(C)(=O)O. The van der Waals surface area contributed by atoms with Crippen molar-refractivity contribution in [3.05, 3.63) is 0 Å². The Balaban J connectivity index is 3.25. The summed E-state index contributed by atoms with van der Waals surface area (Å²) >= 11 is 0. The molecule has 0 aliphatic rings. The van der Waals surface area contributed by atoms with E-state index in [0.717, 1.165) is 0 Å². The zero-order chi connectivity index (χ0) is 21.3. The third-order valence-corrected chi connectivity index (χ3v) is 5.33. The van der Waals surface area contributed by atoms with Crippen LogP contribution in [0.5, 0.6) is 0 Å². The van der Waals surface area contributed by atoms with Crippen LogP contribution in [0.1, 0.15) is 13.3 Å². The van der Waals surface area contributed by atoms with Gasteiger partial charge in [0.1, 0.15) is 6.10 Å². The van der Waals surface area contributed by atoms with Crippen molar-refractivity contribution in [2.24, 2.45) is 0 Å². The highest BCUT2D eigenvalue weighted by atomic mass is 31.2. The molecule has 0 aromatic heterocycles. The van der Waals surface area contributed by atoms with Gasteiger partial charge in [0.15, 0.2) is 0 Å². The molecule has 28 heavy (non-hydrogen) atoms. The van der Waals surface area contributed by atoms with Crippen LogP contribution in [0, 0.1) is 0 Å². The molecule has 0 bridgehead atoms. The van der Waals surface area contributed by atoms with E-state index in [1.807, 2.05) is 0 Å². The van der Waals surface area contributed by atoms with Gasteiger partial charge in [-0.05, 0) is 6.42 Å². The lowest BCUT2D eigenvalue weighted by molar-refractivity contribution is -0.0250. The molecule has 0 saturated carbocycles. The zero-order valence-corrected chi connectivity index (χ0v) is 18.4. The molecule has 0 aromatic rings. The highest BCUT2D eigenvalue weighted by molar-refractivity contribution is 7.55. The van der Waals surface area contributed by atoms with E-state index in [2.05, 4.69) is 5.09 Å². The molecule has 170 valence electrons. The van der Waals surface area contributed by atoms with E-state index in [0.29, 0.717) is 52.6 Å². The van der Waals surface area contributed by atoms with Crippen LogP contribution in [0.15, 0.2) is 0 Å². The highest BCUT2D eigenvalue weighted by Gasteiger charge is 2.18. The first kappa shape index (κ1) is 28.1. The van der Waals surface area contributed by atoms with Crippen LogP contribution >= 0.6 is 15.1 Å². The Morgan fingerprint density at radius 2 is 1.36 bits per heavy atom. The van der Waals surface area contributed by atoms with Crippen molar-refractivity contribution in [1.29, 1.82) is 0 Å². The summed E-state index contributed by atoms with van der Waals surface area (Å²) in [6.45, 7) is 5.70. The van der Waals surface area contributed by atoms with Crippen LogP contribution in [0.3, 0.4) is 0 Å². The minimum Gasteiger partial charge on any atom is -0.388 e. The molecule has 3 unspecified atom stereocenters. The van der Waals surface area contributed by atoms with Gasteiger partial charge in [-0.3, -0.25) is 9.13 Å². The number of aliphatic hydroxyl groups is 1. The second kappa shape index (κ2) is 16.8. The molecular weight excluding hydrogens is 416 g/mol. The molecule has 0 saturated heterocycles. The summed E-state index contributed by atoms with van der Waals surface area (Å²) in [5, 5.41) is 12.1. The minimum absolute atomic E-state index is 0.00614. The number of aliphatic hydroxyl groups excluding tert-OH is 1. The topological polar surface area (TPSA) is 153 Å². The Morgan fingerprint density at radius 1 is 0.857 bits per heavy atom. The predicted octanol–water partition coefficient (Wildman–Crippen LogP) is 0.431. The van der Waals surface area contributed by atoms with E-state index in [1.54, 1.807) is 0 Å². The summed E-state index contributed by atoms with van der Waals surface area (Å²) in [6, 6.07) is 0. The van der Waals surface area contributed by atoms with Gasteiger partial charge in [-0.15, -0.1) is 0 Å². The average molecular weight is 451 g/mol. The van der Waals surface area contributed by atoms with Gasteiger partial charge < -0.3 is 38.4 Å². The standard InChI is InChI=1S/C15H35NO10P2/c1-3-28(20,21)26-14-15(17)13-25-12-11-24-10-9-23-8-7-22-6-4-5-16-27(2,18)19/h15,17H,3-14H2,1-2H3,(H,20,21)(H2,16,18,19). The van der Waals surface area contributed by atoms with Gasteiger partial charge in [-0.25, -0.2) is 5.09 Å². The fourth-order valence-electron chi connectivity index (χ4n) is 1.68. The van der Waals surface area contributed by atoms with Gasteiger partial charge >= 0.3 is 7.60 Å². The normalized spacial score (nSPS) is 17.2. The molecule has 4 N–H and O–H groups in total. The molecule has 11 nitrogen and oxygen atoms in total. The molecule has 3 atom stereocenters. The lowest BCUT2D eigenvalue weighted by Crippen LogP contribution is -2.22. The average Bonchev–Trinajstić information content (AvgIpc) is 2.62. The van der Waals surface area contributed by atoms with Crippen molar-refractivity contribution < 1.29 is 47.5 Å². The highest BCUT2D eigenvalue weighted by Crippen LogP contribution is 2.40. The van der Waals surface area contributed by atoms with Gasteiger partial charge in [-0.1, -0.05) is 6.92 Å². The second-order valence-corrected chi connectivity index (χ2v) is 10.2. The molecular formula is C15H35NO10P2. The molecule has 0 aliphatic heterocycles. The van der Waals surface area contributed by atoms with E-state index in [9.17, 15) is 19.1 Å². The molecule has 0 aliphatic carbocycles. The van der Waals surface area contributed by atoms with Crippen LogP contribution < -0.4 is 5.09 Å². The summed E-state index contributed by atoms with van der Waals surface area (Å²) in [5.74, 6) is 0. The number of ether oxygens (including phenoxy) is 4. The van der Waals surface area contributed by atoms with Crippen molar-refractivity contribution in [3.8, 4) is 0 Å². The molecule has 0 spiro atoms. The summed E-state index contributed by atoms with van der Waals surface area (Å²) in [4.78, 5) is 18.2. The third-order valence-electron chi connectivity index (χ3n) is 3.17. The number of nitrogens with one attached hydrogen (secondary N) is 1. The van der Waals surface area contributed by atoms with Gasteiger partial charge in [0.05, 0.1) is 52.9 Å². The lowest BCUT2D eigenvalue weighted by atomic mass is 10.4. The second-order valence-electron chi connectivity index (χ2n) is 5.96. The van der Waals surface area contributed by atoms with Crippen LogP contribution in [0.2, 0.25) is 0 Å². The Morgan fingerprint density at radius 3 is 1.86 bits per heavy atom. The first-order chi connectivity index (χ1) is 13.2. The quantitative estimate of drug-likeness (QED) is 0.151. The Bertz CT molecular complexity index is 462. The fraction of sp³-hybridized carbons (Fsp3) is 1.00. The summed E-state index contributed by atoms with van der Waals surface area (Å²) in [5.41, 5.74) is 0. The van der Waals surface area contributed by atoms with Crippen LogP contribution in [0.25, 0.3) is 0 Å². The van der Waals surface area contributed by atoms with Crippen LogP contribution in [-0.2, 0) is 32.6 Å². The van der Waals surface area contributed by atoms with Gasteiger partial charge in [-0.2, -0.15) is 0 Å². The third kappa shape index (κ3) is 20.8. The molecule has 0 fully saturated rings. The summed E-state index contributed by atoms with van der Waals surface area (Å²) in [7, 11) is -6.75. The van der Waals surface area contributed by atoms with Gasteiger partial charge in [0.25, 0.3) is 7.52 Å². The van der Waals surface area contributed by atoms with Gasteiger partial charge in [0.2, 0.25) is 0 Å². The Labute approximate surface area is 166 Å². The Kier molecular flexibility index (Phi) is 16.9. The van der Waals surface area contributed by atoms with E-state index >= 15 is 0 Å². The van der Waals surface area contributed by atoms with E-state index in [-0.39, 0.29) is 26.0 Å². The largest absolute Gasteiger partial charge is 0.388 e. The van der Waals surface area contributed by atoms with Crippen molar-refractivity contribution in [1.82, 2.24) is 5.09 Å². The van der Waals surface area contributed by atoms with E-state index < -0.39 is 21.2 Å².